The molecule has 0 aliphatic rings. The highest BCUT2D eigenvalue weighted by atomic mass is 16.6. The number of amides is 1. The number of hydrogen-bond donors (Lipinski definition) is 2. The van der Waals surface area contributed by atoms with Gasteiger partial charge in [-0.2, -0.15) is 0 Å². The number of alkyl carbamates (subject to hydrolysis) is 1. The third kappa shape index (κ3) is 6.49. The van der Waals surface area contributed by atoms with Gasteiger partial charge < -0.3 is 15.2 Å². The number of aliphatic hydroxyl groups excluding tert-OH is 1. The first-order valence-corrected chi connectivity index (χ1v) is 6.06. The zero-order valence-electron chi connectivity index (χ0n) is 11.5. The molecule has 0 heterocycles. The van der Waals surface area contributed by atoms with Gasteiger partial charge in [0.05, 0.1) is 13.2 Å². The molecule has 0 bridgehead atoms. The van der Waals surface area contributed by atoms with Crippen molar-refractivity contribution < 1.29 is 14.6 Å². The summed E-state index contributed by atoms with van der Waals surface area (Å²) in [6.45, 7) is 5.67. The molecule has 1 aromatic rings. The summed E-state index contributed by atoms with van der Waals surface area (Å²) < 4.78 is 5.07. The molecule has 2 N–H and O–H groups in total. The lowest BCUT2D eigenvalue weighted by Gasteiger charge is -2.18. The minimum absolute atomic E-state index is 0.0217. The van der Waals surface area contributed by atoms with Crippen molar-refractivity contribution in [1.29, 1.82) is 0 Å². The molecule has 1 amide bonds. The van der Waals surface area contributed by atoms with Gasteiger partial charge in [-0.1, -0.05) is 24.0 Å². The average molecular weight is 261 g/mol. The quantitative estimate of drug-likeness (QED) is 0.801. The lowest BCUT2D eigenvalue weighted by molar-refractivity contribution is 0.0535. The van der Waals surface area contributed by atoms with E-state index in [0.717, 1.165) is 11.1 Å². The molecule has 0 aliphatic carbocycles. The molecule has 4 heteroatoms. The van der Waals surface area contributed by atoms with Gasteiger partial charge in [0.2, 0.25) is 0 Å². The monoisotopic (exact) mass is 261 g/mol. The van der Waals surface area contributed by atoms with Crippen molar-refractivity contribution in [1.82, 2.24) is 5.32 Å². The van der Waals surface area contributed by atoms with Crippen molar-refractivity contribution in [3.05, 3.63) is 35.4 Å². The van der Waals surface area contributed by atoms with Crippen LogP contribution in [0.15, 0.2) is 24.3 Å². The van der Waals surface area contributed by atoms with Crippen LogP contribution in [0, 0.1) is 11.8 Å². The molecule has 0 spiro atoms. The summed E-state index contributed by atoms with van der Waals surface area (Å²) in [5.41, 5.74) is 1.18. The van der Waals surface area contributed by atoms with Crippen LogP contribution < -0.4 is 5.32 Å². The number of aliphatic hydroxyl groups is 1. The van der Waals surface area contributed by atoms with Crippen molar-refractivity contribution in [2.75, 3.05) is 6.54 Å². The maximum atomic E-state index is 11.3. The third-order valence-corrected chi connectivity index (χ3v) is 2.09. The average Bonchev–Trinajstić information content (AvgIpc) is 2.33. The number of benzene rings is 1. The Balaban J connectivity index is 2.40. The van der Waals surface area contributed by atoms with E-state index in [1.807, 2.05) is 24.3 Å². The summed E-state index contributed by atoms with van der Waals surface area (Å²) in [6, 6.07) is 7.27. The van der Waals surface area contributed by atoms with E-state index in [1.165, 1.54) is 0 Å². The highest BCUT2D eigenvalue weighted by molar-refractivity contribution is 5.68. The molecule has 102 valence electrons. The number of hydrogen-bond acceptors (Lipinski definition) is 3. The lowest BCUT2D eigenvalue weighted by Crippen LogP contribution is -2.32. The Morgan fingerprint density at radius 2 is 1.95 bits per heavy atom. The Morgan fingerprint density at radius 1 is 1.32 bits per heavy atom. The first-order chi connectivity index (χ1) is 8.90. The number of carbonyl (C=O) groups is 1. The van der Waals surface area contributed by atoms with Gasteiger partial charge in [0.1, 0.15) is 5.60 Å². The number of ether oxygens (including phenoxy) is 1. The second-order valence-corrected chi connectivity index (χ2v) is 5.01. The Hall–Kier alpha value is -1.99. The summed E-state index contributed by atoms with van der Waals surface area (Å²) in [4.78, 5) is 11.3. The molecular weight excluding hydrogens is 242 g/mol. The summed E-state index contributed by atoms with van der Waals surface area (Å²) in [5, 5.41) is 11.5. The molecular formula is C15H19NO3. The van der Waals surface area contributed by atoms with E-state index in [0.29, 0.717) is 0 Å². The van der Waals surface area contributed by atoms with E-state index in [-0.39, 0.29) is 13.2 Å². The Bertz CT molecular complexity index is 475. The molecule has 19 heavy (non-hydrogen) atoms. The summed E-state index contributed by atoms with van der Waals surface area (Å²) in [5.74, 6) is 5.74. The van der Waals surface area contributed by atoms with Crippen LogP contribution in [0.5, 0.6) is 0 Å². The van der Waals surface area contributed by atoms with Gasteiger partial charge in [0, 0.05) is 5.56 Å². The predicted molar refractivity (Wildman–Crippen MR) is 73.5 cm³/mol. The molecule has 0 fully saturated rings. The maximum absolute atomic E-state index is 11.3. The number of nitrogens with one attached hydrogen (secondary N) is 1. The van der Waals surface area contributed by atoms with Gasteiger partial charge in [0.15, 0.2) is 0 Å². The normalized spacial score (nSPS) is 10.3. The van der Waals surface area contributed by atoms with E-state index >= 15 is 0 Å². The molecule has 1 rings (SSSR count). The van der Waals surface area contributed by atoms with Crippen molar-refractivity contribution in [2.24, 2.45) is 0 Å². The van der Waals surface area contributed by atoms with Crippen molar-refractivity contribution in [3.8, 4) is 11.8 Å². The molecule has 0 aromatic heterocycles. The molecule has 0 saturated heterocycles. The van der Waals surface area contributed by atoms with Crippen LogP contribution in [-0.2, 0) is 11.3 Å². The first kappa shape index (κ1) is 15.1. The van der Waals surface area contributed by atoms with Gasteiger partial charge in [0.25, 0.3) is 0 Å². The van der Waals surface area contributed by atoms with Crippen molar-refractivity contribution >= 4 is 6.09 Å². The molecule has 1 aromatic carbocycles. The lowest BCUT2D eigenvalue weighted by atomic mass is 10.1. The highest BCUT2D eigenvalue weighted by Gasteiger charge is 2.14. The summed E-state index contributed by atoms with van der Waals surface area (Å²) in [6.07, 6.45) is -0.475. The molecule has 0 aliphatic heterocycles. The van der Waals surface area contributed by atoms with Gasteiger partial charge in [-0.15, -0.1) is 0 Å². The van der Waals surface area contributed by atoms with Crippen LogP contribution in [0.4, 0.5) is 4.79 Å². The van der Waals surface area contributed by atoms with Crippen molar-refractivity contribution in [3.63, 3.8) is 0 Å². The topological polar surface area (TPSA) is 58.6 Å². The van der Waals surface area contributed by atoms with Crippen LogP contribution in [0.1, 0.15) is 31.9 Å². The fraction of sp³-hybridized carbons (Fsp3) is 0.400. The largest absolute Gasteiger partial charge is 0.444 e. The molecule has 4 nitrogen and oxygen atoms in total. The molecule has 0 radical (unpaired) electrons. The molecule has 0 saturated carbocycles. The number of carbonyl (C=O) groups excluding carboxylic acids is 1. The standard InChI is InChI=1S/C15H19NO3/c1-15(2,3)19-14(18)16-10-4-5-12-6-8-13(11-17)9-7-12/h6-9,17H,10-11H2,1-3H3,(H,16,18). The fourth-order valence-electron chi connectivity index (χ4n) is 1.27. The Labute approximate surface area is 113 Å². The molecule has 0 unspecified atom stereocenters. The number of rotatable bonds is 2. The van der Waals surface area contributed by atoms with Crippen LogP contribution in [0.25, 0.3) is 0 Å². The minimum atomic E-state index is -0.502. The minimum Gasteiger partial charge on any atom is -0.444 e. The zero-order valence-corrected chi connectivity index (χ0v) is 11.5. The fourth-order valence-corrected chi connectivity index (χ4v) is 1.27. The second-order valence-electron chi connectivity index (χ2n) is 5.01. The van der Waals surface area contributed by atoms with Gasteiger partial charge in [-0.25, -0.2) is 4.79 Å². The summed E-state index contributed by atoms with van der Waals surface area (Å²) >= 11 is 0. The van der Waals surface area contributed by atoms with Crippen LogP contribution in [0.3, 0.4) is 0 Å². The van der Waals surface area contributed by atoms with E-state index in [1.54, 1.807) is 20.8 Å². The van der Waals surface area contributed by atoms with E-state index < -0.39 is 11.7 Å². The van der Waals surface area contributed by atoms with Gasteiger partial charge in [-0.3, -0.25) is 0 Å². The summed E-state index contributed by atoms with van der Waals surface area (Å²) in [7, 11) is 0. The highest BCUT2D eigenvalue weighted by Crippen LogP contribution is 2.06. The van der Waals surface area contributed by atoms with Gasteiger partial charge >= 0.3 is 6.09 Å². The predicted octanol–water partition coefficient (Wildman–Crippen LogP) is 2.06. The first-order valence-electron chi connectivity index (χ1n) is 6.06. The molecule has 0 atom stereocenters. The van der Waals surface area contributed by atoms with Gasteiger partial charge in [-0.05, 0) is 38.5 Å². The van der Waals surface area contributed by atoms with Crippen LogP contribution in [-0.4, -0.2) is 23.3 Å². The van der Waals surface area contributed by atoms with E-state index in [9.17, 15) is 4.79 Å². The zero-order chi connectivity index (χ0) is 14.3. The SMILES string of the molecule is CC(C)(C)OC(=O)NCC#Cc1ccc(CO)cc1. The second kappa shape index (κ2) is 6.81. The third-order valence-electron chi connectivity index (χ3n) is 2.09. The Kier molecular flexibility index (Phi) is 5.40. The Morgan fingerprint density at radius 3 is 2.47 bits per heavy atom. The maximum Gasteiger partial charge on any atom is 0.408 e. The van der Waals surface area contributed by atoms with Crippen molar-refractivity contribution in [2.45, 2.75) is 33.0 Å². The van der Waals surface area contributed by atoms with Crippen LogP contribution >= 0.6 is 0 Å². The van der Waals surface area contributed by atoms with Crippen LogP contribution in [0.2, 0.25) is 0 Å². The van der Waals surface area contributed by atoms with E-state index in [2.05, 4.69) is 17.2 Å². The smallest absolute Gasteiger partial charge is 0.408 e. The van der Waals surface area contributed by atoms with E-state index in [4.69, 9.17) is 9.84 Å².